The van der Waals surface area contributed by atoms with Crippen LogP contribution in [0, 0.1) is 0 Å². The number of methoxy groups -OCH3 is 1. The summed E-state index contributed by atoms with van der Waals surface area (Å²) in [5.74, 6) is 0.0978. The standard InChI is InChI=1S/C19H15BrN8O3/c1-30-14-4-2-3-12(9-14)16-15(23-27-28(16)18-17(21)25-31-26-18)19(29)24-22-10-11-5-7-13(20)8-6-11/h2-10H,1H3,(H2,21,25)(H,24,29)/b22-10-. The SMILES string of the molecule is COc1cccc(-c2c(C(=O)N/N=C\c3ccc(Br)cc3)nnn2-c2nonc2N)c1. The maximum Gasteiger partial charge on any atom is 0.294 e. The Morgan fingerprint density at radius 1 is 1.26 bits per heavy atom. The van der Waals surface area contributed by atoms with Gasteiger partial charge >= 0.3 is 0 Å². The van der Waals surface area contributed by atoms with Gasteiger partial charge in [0.05, 0.1) is 13.3 Å². The highest BCUT2D eigenvalue weighted by atomic mass is 79.9. The molecule has 0 aliphatic rings. The van der Waals surface area contributed by atoms with Gasteiger partial charge in [0.15, 0.2) is 5.69 Å². The van der Waals surface area contributed by atoms with E-state index in [0.29, 0.717) is 17.0 Å². The van der Waals surface area contributed by atoms with Crippen molar-refractivity contribution >= 4 is 33.9 Å². The third-order valence-electron chi connectivity index (χ3n) is 4.17. The van der Waals surface area contributed by atoms with Gasteiger partial charge in [0.25, 0.3) is 5.91 Å². The number of nitrogens with one attached hydrogen (secondary N) is 1. The Bertz CT molecular complexity index is 1250. The predicted molar refractivity (Wildman–Crippen MR) is 115 cm³/mol. The number of hydrogen-bond acceptors (Lipinski definition) is 9. The van der Waals surface area contributed by atoms with Gasteiger partial charge in [0.1, 0.15) is 11.4 Å². The first-order valence-electron chi connectivity index (χ1n) is 8.84. The van der Waals surface area contributed by atoms with E-state index in [1.165, 1.54) is 10.9 Å². The fourth-order valence-corrected chi connectivity index (χ4v) is 2.98. The maximum atomic E-state index is 12.8. The Hall–Kier alpha value is -4.06. The summed E-state index contributed by atoms with van der Waals surface area (Å²) in [5, 5.41) is 19.3. The smallest absolute Gasteiger partial charge is 0.294 e. The minimum Gasteiger partial charge on any atom is -0.497 e. The van der Waals surface area contributed by atoms with E-state index in [-0.39, 0.29) is 17.3 Å². The molecule has 0 radical (unpaired) electrons. The molecule has 0 atom stereocenters. The zero-order valence-corrected chi connectivity index (χ0v) is 17.6. The first-order valence-corrected chi connectivity index (χ1v) is 9.63. The van der Waals surface area contributed by atoms with Crippen molar-refractivity contribution in [2.75, 3.05) is 12.8 Å². The van der Waals surface area contributed by atoms with Crippen LogP contribution in [0.1, 0.15) is 16.1 Å². The van der Waals surface area contributed by atoms with Crippen LogP contribution in [-0.2, 0) is 0 Å². The number of hydrogen-bond donors (Lipinski definition) is 2. The number of carbonyl (C=O) groups excluding carboxylic acids is 1. The Balaban J connectivity index is 1.70. The number of carbonyl (C=O) groups is 1. The fraction of sp³-hybridized carbons (Fsp3) is 0.0526. The van der Waals surface area contributed by atoms with Crippen molar-refractivity contribution in [3.05, 3.63) is 64.3 Å². The van der Waals surface area contributed by atoms with Gasteiger partial charge in [-0.15, -0.1) is 5.10 Å². The van der Waals surface area contributed by atoms with E-state index in [2.05, 4.69) is 51.7 Å². The third kappa shape index (κ3) is 4.28. The molecule has 2 aromatic carbocycles. The highest BCUT2D eigenvalue weighted by Crippen LogP contribution is 2.28. The molecule has 0 saturated heterocycles. The summed E-state index contributed by atoms with van der Waals surface area (Å²) in [5.41, 5.74) is 9.98. The van der Waals surface area contributed by atoms with Gasteiger partial charge in [0, 0.05) is 10.0 Å². The second-order valence-electron chi connectivity index (χ2n) is 6.15. The van der Waals surface area contributed by atoms with Crippen molar-refractivity contribution in [2.45, 2.75) is 0 Å². The molecule has 4 rings (SSSR count). The first-order chi connectivity index (χ1) is 15.1. The second-order valence-corrected chi connectivity index (χ2v) is 7.07. The lowest BCUT2D eigenvalue weighted by molar-refractivity contribution is 0.0950. The van der Waals surface area contributed by atoms with E-state index >= 15 is 0 Å². The lowest BCUT2D eigenvalue weighted by Crippen LogP contribution is -2.19. The van der Waals surface area contributed by atoms with Crippen molar-refractivity contribution in [3.63, 3.8) is 0 Å². The highest BCUT2D eigenvalue weighted by Gasteiger charge is 2.25. The zero-order valence-electron chi connectivity index (χ0n) is 16.1. The number of nitrogens with two attached hydrogens (primary N) is 1. The molecule has 3 N–H and O–H groups in total. The molecule has 156 valence electrons. The molecule has 0 aliphatic carbocycles. The monoisotopic (exact) mass is 482 g/mol. The van der Waals surface area contributed by atoms with E-state index < -0.39 is 5.91 Å². The molecule has 0 unspecified atom stereocenters. The van der Waals surface area contributed by atoms with Crippen LogP contribution in [0.15, 0.2) is 62.7 Å². The van der Waals surface area contributed by atoms with Gasteiger partial charge in [-0.3, -0.25) is 4.79 Å². The molecule has 31 heavy (non-hydrogen) atoms. The van der Waals surface area contributed by atoms with E-state index in [1.807, 2.05) is 24.3 Å². The second kappa shape index (κ2) is 8.75. The number of nitrogens with zero attached hydrogens (tertiary/aromatic N) is 6. The number of anilines is 1. The van der Waals surface area contributed by atoms with Gasteiger partial charge < -0.3 is 10.5 Å². The van der Waals surface area contributed by atoms with Crippen molar-refractivity contribution in [2.24, 2.45) is 5.10 Å². The summed E-state index contributed by atoms with van der Waals surface area (Å²) < 4.78 is 12.2. The molecule has 2 heterocycles. The normalized spacial score (nSPS) is 11.0. The van der Waals surface area contributed by atoms with Gasteiger partial charge in [-0.2, -0.15) is 9.78 Å². The summed E-state index contributed by atoms with van der Waals surface area (Å²) in [6, 6.07) is 14.5. The minimum atomic E-state index is -0.576. The van der Waals surface area contributed by atoms with Crippen LogP contribution in [0.5, 0.6) is 5.75 Å². The van der Waals surface area contributed by atoms with Crippen molar-refractivity contribution in [1.82, 2.24) is 30.7 Å². The summed E-state index contributed by atoms with van der Waals surface area (Å²) >= 11 is 3.37. The summed E-state index contributed by atoms with van der Waals surface area (Å²) in [4.78, 5) is 12.8. The zero-order chi connectivity index (χ0) is 21.8. The van der Waals surface area contributed by atoms with Crippen LogP contribution in [0.2, 0.25) is 0 Å². The van der Waals surface area contributed by atoms with E-state index in [4.69, 9.17) is 10.5 Å². The molecule has 0 aliphatic heterocycles. The number of amides is 1. The van der Waals surface area contributed by atoms with E-state index in [9.17, 15) is 4.79 Å². The van der Waals surface area contributed by atoms with E-state index in [0.717, 1.165) is 10.0 Å². The number of halogens is 1. The summed E-state index contributed by atoms with van der Waals surface area (Å²) in [7, 11) is 1.54. The maximum absolute atomic E-state index is 12.8. The van der Waals surface area contributed by atoms with Gasteiger partial charge in [-0.05, 0) is 40.1 Å². The quantitative estimate of drug-likeness (QED) is 0.314. The van der Waals surface area contributed by atoms with Crippen LogP contribution in [-0.4, -0.2) is 44.5 Å². The Morgan fingerprint density at radius 2 is 2.06 bits per heavy atom. The summed E-state index contributed by atoms with van der Waals surface area (Å²) in [6.45, 7) is 0. The molecule has 0 bridgehead atoms. The molecule has 0 spiro atoms. The molecule has 11 nitrogen and oxygen atoms in total. The topological polar surface area (TPSA) is 146 Å². The van der Waals surface area contributed by atoms with Gasteiger partial charge in [-0.25, -0.2) is 10.1 Å². The average molecular weight is 483 g/mol. The Kier molecular flexibility index (Phi) is 5.71. The van der Waals surface area contributed by atoms with Crippen molar-refractivity contribution in [3.8, 4) is 22.8 Å². The summed E-state index contributed by atoms with van der Waals surface area (Å²) in [6.07, 6.45) is 1.51. The van der Waals surface area contributed by atoms with Crippen LogP contribution >= 0.6 is 15.9 Å². The minimum absolute atomic E-state index is 0.00334. The fourth-order valence-electron chi connectivity index (χ4n) is 2.72. The molecule has 12 heteroatoms. The van der Waals surface area contributed by atoms with Crippen LogP contribution in [0.25, 0.3) is 17.1 Å². The predicted octanol–water partition coefficient (Wildman–Crippen LogP) is 2.43. The van der Waals surface area contributed by atoms with E-state index in [1.54, 1.807) is 31.4 Å². The highest BCUT2D eigenvalue weighted by molar-refractivity contribution is 9.10. The first kappa shape index (κ1) is 20.2. The average Bonchev–Trinajstić information content (AvgIpc) is 3.41. The third-order valence-corrected chi connectivity index (χ3v) is 4.70. The van der Waals surface area contributed by atoms with Crippen LogP contribution in [0.4, 0.5) is 5.82 Å². The number of ether oxygens (including phenoxy) is 1. The molecular weight excluding hydrogens is 468 g/mol. The number of rotatable bonds is 6. The lowest BCUT2D eigenvalue weighted by Gasteiger charge is -2.07. The molecule has 0 saturated carbocycles. The Labute approximate surface area is 184 Å². The van der Waals surface area contributed by atoms with Crippen LogP contribution in [0.3, 0.4) is 0 Å². The Morgan fingerprint density at radius 3 is 2.77 bits per heavy atom. The van der Waals surface area contributed by atoms with Crippen molar-refractivity contribution < 1.29 is 14.2 Å². The molecular formula is C19H15BrN8O3. The largest absolute Gasteiger partial charge is 0.497 e. The molecule has 2 aromatic heterocycles. The number of benzene rings is 2. The number of nitrogen functional groups attached to an aromatic ring is 1. The molecule has 4 aromatic rings. The van der Waals surface area contributed by atoms with Crippen LogP contribution < -0.4 is 15.9 Å². The number of hydrazone groups is 1. The molecule has 0 fully saturated rings. The van der Waals surface area contributed by atoms with Crippen molar-refractivity contribution in [1.29, 1.82) is 0 Å². The number of aromatic nitrogens is 5. The molecule has 1 amide bonds. The van der Waals surface area contributed by atoms with Gasteiger partial charge in [0.2, 0.25) is 11.6 Å². The van der Waals surface area contributed by atoms with Gasteiger partial charge in [-0.1, -0.05) is 45.4 Å². The lowest BCUT2D eigenvalue weighted by atomic mass is 10.1.